The lowest BCUT2D eigenvalue weighted by atomic mass is 10.1. The molecule has 0 fully saturated rings. The number of para-hydroxylation sites is 1. The van der Waals surface area contributed by atoms with E-state index < -0.39 is 0 Å². The molecule has 0 radical (unpaired) electrons. The van der Waals surface area contributed by atoms with E-state index in [9.17, 15) is 0 Å². The van der Waals surface area contributed by atoms with Crippen molar-refractivity contribution < 1.29 is 0 Å². The highest BCUT2D eigenvalue weighted by atomic mass is 15.1. The van der Waals surface area contributed by atoms with Crippen LogP contribution < -0.4 is 4.90 Å². The quantitative estimate of drug-likeness (QED) is 0.457. The summed E-state index contributed by atoms with van der Waals surface area (Å²) in [5, 5.41) is 2.65. The molecule has 0 aliphatic heterocycles. The Balaban J connectivity index is 1.89. The van der Waals surface area contributed by atoms with Gasteiger partial charge in [-0.05, 0) is 50.2 Å². The lowest BCUT2D eigenvalue weighted by Crippen LogP contribution is -2.09. The van der Waals surface area contributed by atoms with Gasteiger partial charge >= 0.3 is 0 Å². The van der Waals surface area contributed by atoms with E-state index in [1.165, 1.54) is 38.7 Å². The molecule has 0 saturated carbocycles. The summed E-state index contributed by atoms with van der Waals surface area (Å²) in [6.45, 7) is 5.31. The summed E-state index contributed by atoms with van der Waals surface area (Å²) in [6.07, 6.45) is 0. The van der Waals surface area contributed by atoms with Crippen molar-refractivity contribution in [3.05, 3.63) is 72.3 Å². The normalized spacial score (nSPS) is 11.3. The number of nitrogens with zero attached hydrogens (tertiary/aromatic N) is 2. The van der Waals surface area contributed by atoms with Crippen LogP contribution in [0.4, 0.5) is 11.4 Å². The molecule has 24 heavy (non-hydrogen) atoms. The third-order valence-corrected chi connectivity index (χ3v) is 4.88. The molecular weight excluding hydrogens is 292 g/mol. The van der Waals surface area contributed by atoms with E-state index in [1.807, 2.05) is 0 Å². The summed E-state index contributed by atoms with van der Waals surface area (Å²) < 4.78 is 2.39. The van der Waals surface area contributed by atoms with E-state index >= 15 is 0 Å². The second kappa shape index (κ2) is 5.72. The van der Waals surface area contributed by atoms with Gasteiger partial charge in [-0.3, -0.25) is 0 Å². The Bertz CT molecular complexity index is 1010. The minimum atomic E-state index is 0.983. The van der Waals surface area contributed by atoms with Crippen molar-refractivity contribution in [3.63, 3.8) is 0 Å². The number of rotatable bonds is 3. The number of benzene rings is 3. The lowest BCUT2D eigenvalue weighted by molar-refractivity contribution is 0.827. The highest BCUT2D eigenvalue weighted by molar-refractivity contribution is 6.09. The van der Waals surface area contributed by atoms with Crippen molar-refractivity contribution in [1.29, 1.82) is 0 Å². The first-order valence-corrected chi connectivity index (χ1v) is 8.50. The van der Waals surface area contributed by atoms with Crippen molar-refractivity contribution in [2.24, 2.45) is 0 Å². The van der Waals surface area contributed by atoms with Crippen LogP contribution in [0.25, 0.3) is 21.8 Å². The number of hydrogen-bond acceptors (Lipinski definition) is 1. The fraction of sp³-hybridized carbons (Fsp3) is 0.182. The smallest absolute Gasteiger partial charge is 0.0492 e. The molecule has 0 bridgehead atoms. The fourth-order valence-electron chi connectivity index (χ4n) is 3.51. The zero-order valence-electron chi connectivity index (χ0n) is 14.5. The Hall–Kier alpha value is -2.74. The van der Waals surface area contributed by atoms with Crippen LogP contribution in [0, 0.1) is 6.92 Å². The third kappa shape index (κ3) is 2.26. The first kappa shape index (κ1) is 14.8. The Morgan fingerprint density at radius 1 is 0.792 bits per heavy atom. The minimum absolute atomic E-state index is 0.983. The second-order valence-electron chi connectivity index (χ2n) is 6.36. The largest absolute Gasteiger partial charge is 0.345 e. The maximum absolute atomic E-state index is 2.39. The molecule has 3 aromatic carbocycles. The lowest BCUT2D eigenvalue weighted by Gasteiger charge is -2.20. The summed E-state index contributed by atoms with van der Waals surface area (Å²) in [4.78, 5) is 2.25. The first-order chi connectivity index (χ1) is 11.7. The Morgan fingerprint density at radius 3 is 2.21 bits per heavy atom. The van der Waals surface area contributed by atoms with Gasteiger partial charge in [0.05, 0.1) is 0 Å². The monoisotopic (exact) mass is 314 g/mol. The van der Waals surface area contributed by atoms with Crippen molar-refractivity contribution in [2.75, 3.05) is 11.9 Å². The molecule has 0 saturated heterocycles. The van der Waals surface area contributed by atoms with Gasteiger partial charge in [-0.2, -0.15) is 0 Å². The van der Waals surface area contributed by atoms with E-state index in [-0.39, 0.29) is 0 Å². The molecule has 1 heterocycles. The van der Waals surface area contributed by atoms with Crippen LogP contribution in [0.2, 0.25) is 0 Å². The molecule has 0 atom stereocenters. The SMILES string of the molecule is CCn1c2ccccc2c2cc(N(C)c3ccc(C)cc3)ccc21. The zero-order chi connectivity index (χ0) is 16.7. The highest BCUT2D eigenvalue weighted by Crippen LogP contribution is 2.33. The maximum Gasteiger partial charge on any atom is 0.0492 e. The Labute approximate surface area is 142 Å². The average molecular weight is 314 g/mol. The molecule has 4 rings (SSSR count). The van der Waals surface area contributed by atoms with E-state index in [0.717, 1.165) is 6.54 Å². The number of fused-ring (bicyclic) bond motifs is 3. The summed E-state index contributed by atoms with van der Waals surface area (Å²) in [6, 6.07) is 24.1. The third-order valence-electron chi connectivity index (χ3n) is 4.88. The molecule has 0 aliphatic rings. The summed E-state index contributed by atoms with van der Waals surface area (Å²) in [5.74, 6) is 0. The molecule has 2 heteroatoms. The number of anilines is 2. The van der Waals surface area contributed by atoms with E-state index in [2.05, 4.69) is 97.1 Å². The average Bonchev–Trinajstić information content (AvgIpc) is 2.95. The molecule has 0 N–H and O–H groups in total. The molecule has 1 aromatic heterocycles. The predicted molar refractivity (Wildman–Crippen MR) is 104 cm³/mol. The fourth-order valence-corrected chi connectivity index (χ4v) is 3.51. The van der Waals surface area contributed by atoms with Crippen LogP contribution >= 0.6 is 0 Å². The van der Waals surface area contributed by atoms with E-state index in [1.54, 1.807) is 0 Å². The summed E-state index contributed by atoms with van der Waals surface area (Å²) in [5.41, 5.74) is 6.32. The van der Waals surface area contributed by atoms with E-state index in [4.69, 9.17) is 0 Å². The number of aromatic nitrogens is 1. The van der Waals surface area contributed by atoms with Crippen LogP contribution in [0.15, 0.2) is 66.7 Å². The van der Waals surface area contributed by atoms with Gasteiger partial charge in [-0.25, -0.2) is 0 Å². The number of hydrogen-bond donors (Lipinski definition) is 0. The Kier molecular flexibility index (Phi) is 3.53. The van der Waals surface area contributed by atoms with Crippen molar-refractivity contribution in [1.82, 2.24) is 4.57 Å². The van der Waals surface area contributed by atoms with Crippen LogP contribution in [0.3, 0.4) is 0 Å². The Morgan fingerprint density at radius 2 is 1.46 bits per heavy atom. The van der Waals surface area contributed by atoms with Crippen LogP contribution in [-0.2, 0) is 6.54 Å². The first-order valence-electron chi connectivity index (χ1n) is 8.50. The molecule has 0 spiro atoms. The van der Waals surface area contributed by atoms with Gasteiger partial charge in [-0.15, -0.1) is 0 Å². The summed E-state index contributed by atoms with van der Waals surface area (Å²) >= 11 is 0. The van der Waals surface area contributed by atoms with E-state index in [0.29, 0.717) is 0 Å². The van der Waals surface area contributed by atoms with Crippen molar-refractivity contribution in [3.8, 4) is 0 Å². The molecule has 0 amide bonds. The molecule has 0 unspecified atom stereocenters. The molecule has 4 aromatic rings. The van der Waals surface area contributed by atoms with Gasteiger partial charge in [0.2, 0.25) is 0 Å². The standard InChI is InChI=1S/C22H22N2/c1-4-24-21-8-6-5-7-19(21)20-15-18(13-14-22(20)24)23(3)17-11-9-16(2)10-12-17/h5-15H,4H2,1-3H3. The second-order valence-corrected chi connectivity index (χ2v) is 6.36. The van der Waals surface area contributed by atoms with Gasteiger partial charge in [0.25, 0.3) is 0 Å². The topological polar surface area (TPSA) is 8.17 Å². The minimum Gasteiger partial charge on any atom is -0.345 e. The van der Waals surface area contributed by atoms with Crippen molar-refractivity contribution >= 4 is 33.2 Å². The zero-order valence-corrected chi connectivity index (χ0v) is 14.5. The maximum atomic E-state index is 2.39. The van der Waals surface area contributed by atoms with Gasteiger partial charge in [0, 0.05) is 46.8 Å². The van der Waals surface area contributed by atoms with Gasteiger partial charge in [-0.1, -0.05) is 35.9 Å². The van der Waals surface area contributed by atoms with Crippen molar-refractivity contribution in [2.45, 2.75) is 20.4 Å². The molecular formula is C22H22N2. The highest BCUT2D eigenvalue weighted by Gasteiger charge is 2.11. The number of aryl methyl sites for hydroxylation is 2. The predicted octanol–water partition coefficient (Wildman–Crippen LogP) is 5.89. The van der Waals surface area contributed by atoms with Crippen LogP contribution in [0.5, 0.6) is 0 Å². The molecule has 0 aliphatic carbocycles. The molecule has 2 nitrogen and oxygen atoms in total. The van der Waals surface area contributed by atoms with Crippen LogP contribution in [-0.4, -0.2) is 11.6 Å². The molecule has 120 valence electrons. The van der Waals surface area contributed by atoms with Crippen LogP contribution in [0.1, 0.15) is 12.5 Å². The van der Waals surface area contributed by atoms with Gasteiger partial charge in [0.15, 0.2) is 0 Å². The van der Waals surface area contributed by atoms with Gasteiger partial charge < -0.3 is 9.47 Å². The van der Waals surface area contributed by atoms with Gasteiger partial charge in [0.1, 0.15) is 0 Å². The summed E-state index contributed by atoms with van der Waals surface area (Å²) in [7, 11) is 2.13.